The Kier molecular flexibility index (Phi) is 26.2. The van der Waals surface area contributed by atoms with E-state index in [1.807, 2.05) is 52.9 Å². The van der Waals surface area contributed by atoms with Crippen LogP contribution in [0.1, 0.15) is 54.0 Å². The first-order valence-electron chi connectivity index (χ1n) is 18.4. The van der Waals surface area contributed by atoms with E-state index >= 15 is 0 Å². The highest BCUT2D eigenvalue weighted by molar-refractivity contribution is 6.05. The number of benzene rings is 4. The number of aldehydes is 1. The molecule has 56 heavy (non-hydrogen) atoms. The quantitative estimate of drug-likeness (QED) is 0.0162. The molecule has 4 aromatic carbocycles. The summed E-state index contributed by atoms with van der Waals surface area (Å²) < 4.78 is 24.1. The average molecular weight is 772 g/mol. The minimum Gasteiger partial charge on any atom is -0.508 e. The number of nitrogens with zero attached hydrogens (tertiary/aromatic N) is 2. The molecular formula is C43H58FN7O5. The second kappa shape index (κ2) is 30.4. The highest BCUT2D eigenvalue weighted by Gasteiger charge is 2.09. The summed E-state index contributed by atoms with van der Waals surface area (Å²) in [4.78, 5) is 31.8. The molecule has 4 aromatic rings. The lowest BCUT2D eigenvalue weighted by molar-refractivity contribution is 0.0524. The Morgan fingerprint density at radius 3 is 2.05 bits per heavy atom. The van der Waals surface area contributed by atoms with Gasteiger partial charge in [0.15, 0.2) is 0 Å². The van der Waals surface area contributed by atoms with Crippen LogP contribution in [0.4, 0.5) is 15.8 Å². The number of rotatable bonds is 17. The molecule has 1 unspecified atom stereocenters. The summed E-state index contributed by atoms with van der Waals surface area (Å²) in [6.45, 7) is 17.5. The number of carbonyl (C=O) groups is 2. The van der Waals surface area contributed by atoms with Crippen molar-refractivity contribution >= 4 is 35.4 Å². The number of ether oxygens (including phenoxy) is 2. The molecule has 0 aliphatic rings. The van der Waals surface area contributed by atoms with Crippen LogP contribution in [0.15, 0.2) is 126 Å². The molecule has 0 fully saturated rings. The first kappa shape index (κ1) is 48.1. The molecule has 1 amide bonds. The van der Waals surface area contributed by atoms with E-state index in [1.165, 1.54) is 12.1 Å². The van der Waals surface area contributed by atoms with Crippen LogP contribution in [0.3, 0.4) is 0 Å². The molecule has 0 saturated heterocycles. The zero-order chi connectivity index (χ0) is 41.4. The standard InChI is InChI=1S/C32H42FN7O4.C7H6O.C2H6.C2H4/c1-23(35-17-19-44-21-20-43-18-16-34-3)38-32(40-29-12-14-30(41)15-13-29)39-24(2)37-28-10-6-26(7-11-28)31(42)36-22-25-4-8-27(33)9-5-25;8-6-7-4-2-1-3-5-7;2*1-2/h4-15,24,34,37,41H,16-22H2,1-3H3,(H,36,42)(H2,35,38,39,40);1-6H;1-2H3;1-2H2. The fourth-order valence-electron chi connectivity index (χ4n) is 4.37. The van der Waals surface area contributed by atoms with E-state index in [2.05, 4.69) is 44.7 Å². The summed E-state index contributed by atoms with van der Waals surface area (Å²) >= 11 is 0. The summed E-state index contributed by atoms with van der Waals surface area (Å²) in [6, 6.07) is 28.8. The second-order valence-corrected chi connectivity index (χ2v) is 11.3. The smallest absolute Gasteiger partial charge is 0.251 e. The monoisotopic (exact) mass is 771 g/mol. The number of amidine groups is 1. The number of anilines is 2. The Balaban J connectivity index is 0.00000113. The molecule has 13 heteroatoms. The van der Waals surface area contributed by atoms with Gasteiger partial charge in [-0.3, -0.25) is 14.6 Å². The molecule has 4 rings (SSSR count). The molecule has 6 N–H and O–H groups in total. The molecule has 0 bridgehead atoms. The maximum Gasteiger partial charge on any atom is 0.251 e. The summed E-state index contributed by atoms with van der Waals surface area (Å²) in [5.41, 5.74) is 3.55. The number of hydrogen-bond acceptors (Lipinski definition) is 9. The molecular weight excluding hydrogens is 714 g/mol. The van der Waals surface area contributed by atoms with Crippen molar-refractivity contribution < 1.29 is 28.6 Å². The lowest BCUT2D eigenvalue weighted by atomic mass is 10.1. The first-order valence-corrected chi connectivity index (χ1v) is 18.4. The van der Waals surface area contributed by atoms with Crippen LogP contribution in [0.2, 0.25) is 0 Å². The van der Waals surface area contributed by atoms with Gasteiger partial charge >= 0.3 is 0 Å². The Hall–Kier alpha value is -5.89. The number of amides is 1. The van der Waals surface area contributed by atoms with Crippen molar-refractivity contribution in [2.75, 3.05) is 57.2 Å². The Bertz CT molecular complexity index is 1690. The van der Waals surface area contributed by atoms with Gasteiger partial charge in [-0.1, -0.05) is 56.3 Å². The van der Waals surface area contributed by atoms with Crippen molar-refractivity contribution in [1.82, 2.24) is 16.0 Å². The van der Waals surface area contributed by atoms with Gasteiger partial charge in [-0.25, -0.2) is 9.38 Å². The van der Waals surface area contributed by atoms with Gasteiger partial charge in [-0.05, 0) is 87.1 Å². The zero-order valence-corrected chi connectivity index (χ0v) is 33.2. The van der Waals surface area contributed by atoms with E-state index in [0.717, 1.165) is 35.3 Å². The highest BCUT2D eigenvalue weighted by atomic mass is 19.1. The molecule has 12 nitrogen and oxygen atoms in total. The largest absolute Gasteiger partial charge is 0.508 e. The number of halogens is 1. The van der Waals surface area contributed by atoms with Crippen molar-refractivity contribution in [2.24, 2.45) is 9.98 Å². The maximum atomic E-state index is 13.1. The molecule has 0 aliphatic carbocycles. The summed E-state index contributed by atoms with van der Waals surface area (Å²) in [5.74, 6) is 0.715. The van der Waals surface area contributed by atoms with Gasteiger partial charge in [0.2, 0.25) is 5.96 Å². The van der Waals surface area contributed by atoms with Crippen LogP contribution in [-0.4, -0.2) is 81.8 Å². The van der Waals surface area contributed by atoms with Gasteiger partial charge in [0.05, 0.1) is 38.8 Å². The van der Waals surface area contributed by atoms with Crippen LogP contribution >= 0.6 is 0 Å². The molecule has 0 aliphatic heterocycles. The van der Waals surface area contributed by atoms with Crippen molar-refractivity contribution in [2.45, 2.75) is 40.4 Å². The molecule has 0 radical (unpaired) electrons. The van der Waals surface area contributed by atoms with E-state index in [-0.39, 0.29) is 23.6 Å². The fraction of sp³-hybridized carbons (Fsp3) is 0.302. The van der Waals surface area contributed by atoms with Gasteiger partial charge in [-0.2, -0.15) is 0 Å². The minimum atomic E-state index is -0.362. The van der Waals surface area contributed by atoms with E-state index in [4.69, 9.17) is 14.5 Å². The van der Waals surface area contributed by atoms with Gasteiger partial charge in [-0.15, -0.1) is 13.2 Å². The van der Waals surface area contributed by atoms with Crippen molar-refractivity contribution in [3.8, 4) is 5.75 Å². The molecule has 0 saturated carbocycles. The van der Waals surface area contributed by atoms with E-state index in [1.54, 1.807) is 72.8 Å². The second-order valence-electron chi connectivity index (χ2n) is 11.3. The Morgan fingerprint density at radius 2 is 1.46 bits per heavy atom. The third-order valence-corrected chi connectivity index (χ3v) is 7.03. The van der Waals surface area contributed by atoms with Crippen molar-refractivity contribution in [1.29, 1.82) is 0 Å². The van der Waals surface area contributed by atoms with Crippen LogP contribution in [-0.2, 0) is 16.0 Å². The Labute approximate surface area is 331 Å². The number of hydrogen-bond donors (Lipinski definition) is 6. The number of guanidine groups is 1. The fourth-order valence-corrected chi connectivity index (χ4v) is 4.37. The van der Waals surface area contributed by atoms with Gasteiger partial charge < -0.3 is 41.2 Å². The van der Waals surface area contributed by atoms with Gasteiger partial charge in [0.1, 0.15) is 24.0 Å². The van der Waals surface area contributed by atoms with E-state index in [0.29, 0.717) is 56.9 Å². The molecule has 302 valence electrons. The predicted molar refractivity (Wildman–Crippen MR) is 227 cm³/mol. The number of aromatic hydroxyl groups is 1. The predicted octanol–water partition coefficient (Wildman–Crippen LogP) is 7.28. The van der Waals surface area contributed by atoms with Gasteiger partial charge in [0, 0.05) is 35.6 Å². The number of aliphatic imine (C=N–C) groups is 2. The molecule has 1 atom stereocenters. The number of likely N-dealkylation sites (N-methyl/N-ethyl adjacent to an activating group) is 1. The van der Waals surface area contributed by atoms with E-state index < -0.39 is 0 Å². The lowest BCUT2D eigenvalue weighted by Crippen LogP contribution is -2.36. The topological polar surface area (TPSA) is 158 Å². The number of nitrogens with one attached hydrogen (secondary N) is 5. The maximum absolute atomic E-state index is 13.1. The van der Waals surface area contributed by atoms with Crippen LogP contribution in [0.5, 0.6) is 5.75 Å². The number of carbonyl (C=O) groups excluding carboxylic acids is 2. The van der Waals surface area contributed by atoms with Crippen molar-refractivity contribution in [3.63, 3.8) is 0 Å². The van der Waals surface area contributed by atoms with Gasteiger partial charge in [0.25, 0.3) is 5.91 Å². The first-order chi connectivity index (χ1) is 27.2. The summed E-state index contributed by atoms with van der Waals surface area (Å²) in [7, 11) is 1.88. The lowest BCUT2D eigenvalue weighted by Gasteiger charge is -2.17. The summed E-state index contributed by atoms with van der Waals surface area (Å²) in [5, 5.41) is 25.2. The summed E-state index contributed by atoms with van der Waals surface area (Å²) in [6.07, 6.45) is 0.472. The SMILES string of the molecule is C=C.CC.CNCCOCCOCCN=C(C)N/C(=N\C(C)Nc1ccc(C(=O)NCc2ccc(F)cc2)cc1)Nc1ccc(O)cc1.O=Cc1ccccc1. The number of phenols is 1. The molecule has 0 aromatic heterocycles. The molecule has 0 heterocycles. The highest BCUT2D eigenvalue weighted by Crippen LogP contribution is 2.15. The van der Waals surface area contributed by atoms with Crippen LogP contribution < -0.4 is 26.6 Å². The Morgan fingerprint density at radius 1 is 0.857 bits per heavy atom. The minimum absolute atomic E-state index is 0.162. The third-order valence-electron chi connectivity index (χ3n) is 7.03. The van der Waals surface area contributed by atoms with Crippen molar-refractivity contribution in [3.05, 3.63) is 139 Å². The third kappa shape index (κ3) is 21.7. The normalized spacial score (nSPS) is 11.2. The molecule has 0 spiro atoms. The average Bonchev–Trinajstić information content (AvgIpc) is 3.23. The zero-order valence-electron chi connectivity index (χ0n) is 33.2. The van der Waals surface area contributed by atoms with Crippen LogP contribution in [0.25, 0.3) is 0 Å². The van der Waals surface area contributed by atoms with E-state index in [9.17, 15) is 19.1 Å². The number of phenolic OH excluding ortho intramolecular Hbond substituents is 1. The van der Waals surface area contributed by atoms with Crippen LogP contribution in [0, 0.1) is 5.82 Å².